The summed E-state index contributed by atoms with van der Waals surface area (Å²) in [4.78, 5) is 35.3. The molecule has 2 rings (SSSR count). The summed E-state index contributed by atoms with van der Waals surface area (Å²) in [5, 5.41) is 39.9. The number of benzene rings is 1. The number of nitrogens with zero attached hydrogens (tertiary/aromatic N) is 5. The number of rotatable bonds is 5. The fourth-order valence-electron chi connectivity index (χ4n) is 1.34. The highest BCUT2D eigenvalue weighted by Gasteiger charge is 2.35. The van der Waals surface area contributed by atoms with Gasteiger partial charge in [0.1, 0.15) is 12.3 Å². The van der Waals surface area contributed by atoms with Crippen LogP contribution in [0.25, 0.3) is 0 Å². The summed E-state index contributed by atoms with van der Waals surface area (Å²) in [6.45, 7) is 0. The maximum Gasteiger partial charge on any atom is 0.372 e. The predicted molar refractivity (Wildman–Crippen MR) is 61.7 cm³/mol. The van der Waals surface area contributed by atoms with Crippen LogP contribution in [0.5, 0.6) is 11.6 Å². The van der Waals surface area contributed by atoms with Crippen LogP contribution in [0.4, 0.5) is 17.1 Å². The van der Waals surface area contributed by atoms with Crippen LogP contribution in [0.3, 0.4) is 0 Å². The van der Waals surface area contributed by atoms with Crippen molar-refractivity contribution in [3.8, 4) is 11.6 Å². The standard InChI is InChI=1S/C8H4N6O7/c15-8-5(13(18)19)1-4(12(16)17)2-6(8)14(20)21-7-3-9-11-10-7/h1-3H,(H-,9,10,11,15,20)/p+1. The third-order valence-corrected chi connectivity index (χ3v) is 2.23. The summed E-state index contributed by atoms with van der Waals surface area (Å²) >= 11 is 0. The molecule has 21 heavy (non-hydrogen) atoms. The van der Waals surface area contributed by atoms with Gasteiger partial charge in [0.2, 0.25) is 0 Å². The Bertz CT molecular complexity index is 727. The summed E-state index contributed by atoms with van der Waals surface area (Å²) in [7, 11) is 0. The zero-order chi connectivity index (χ0) is 15.6. The fraction of sp³-hybridized carbons (Fsp3) is 0. The minimum Gasteiger partial charge on any atom is -0.497 e. The number of hydrogen-bond acceptors (Lipinski definition) is 9. The second-order valence-electron chi connectivity index (χ2n) is 3.50. The topological polar surface area (TPSA) is 177 Å². The highest BCUT2D eigenvalue weighted by atomic mass is 16.8. The van der Waals surface area contributed by atoms with Crippen LogP contribution in [-0.4, -0.2) is 35.3 Å². The van der Waals surface area contributed by atoms with Gasteiger partial charge in [0.15, 0.2) is 0 Å². The Morgan fingerprint density at radius 3 is 2.33 bits per heavy atom. The van der Waals surface area contributed by atoms with E-state index in [1.165, 1.54) is 0 Å². The number of aromatic amines is 1. The van der Waals surface area contributed by atoms with Crippen LogP contribution in [0.2, 0.25) is 0 Å². The maximum atomic E-state index is 11.7. The number of nitro benzene ring substituents is 2. The Balaban J connectivity index is 2.48. The van der Waals surface area contributed by atoms with Gasteiger partial charge in [-0.15, -0.1) is 5.10 Å². The molecule has 1 aromatic carbocycles. The molecule has 0 aliphatic rings. The molecule has 0 saturated heterocycles. The second-order valence-corrected chi connectivity index (χ2v) is 3.50. The molecule has 2 aromatic rings. The number of H-pyrrole nitrogens is 1. The Kier molecular flexibility index (Phi) is 3.38. The molecule has 0 spiro atoms. The van der Waals surface area contributed by atoms with Gasteiger partial charge in [-0.25, -0.2) is 0 Å². The van der Waals surface area contributed by atoms with E-state index < -0.39 is 32.7 Å². The molecule has 0 amide bonds. The van der Waals surface area contributed by atoms with Crippen molar-refractivity contribution in [2.24, 2.45) is 0 Å². The minimum absolute atomic E-state index is 0.307. The molecular formula is C8H5N6O7+. The minimum atomic E-state index is -1.08. The maximum absolute atomic E-state index is 11.7. The zero-order valence-corrected chi connectivity index (χ0v) is 9.86. The highest BCUT2D eigenvalue weighted by molar-refractivity contribution is 5.64. The van der Waals surface area contributed by atoms with Crippen LogP contribution in [-0.2, 0) is 0 Å². The predicted octanol–water partition coefficient (Wildman–Crippen LogP) is 0.731. The molecule has 0 aliphatic carbocycles. The lowest BCUT2D eigenvalue weighted by Crippen LogP contribution is -2.08. The van der Waals surface area contributed by atoms with E-state index in [1.54, 1.807) is 0 Å². The monoisotopic (exact) mass is 297 g/mol. The number of non-ortho nitro benzene ring substituents is 1. The van der Waals surface area contributed by atoms with Gasteiger partial charge in [0.25, 0.3) is 16.4 Å². The Labute approximate surface area is 113 Å². The molecule has 108 valence electrons. The van der Waals surface area contributed by atoms with E-state index in [0.29, 0.717) is 12.1 Å². The number of nitro groups is 2. The molecule has 0 bridgehead atoms. The van der Waals surface area contributed by atoms with Gasteiger partial charge in [-0.05, 0) is 0 Å². The molecule has 1 heterocycles. The largest absolute Gasteiger partial charge is 0.497 e. The number of phenolic OH excluding ortho intramolecular Hbond substituents is 1. The van der Waals surface area contributed by atoms with Crippen molar-refractivity contribution in [2.45, 2.75) is 0 Å². The molecule has 1 aromatic heterocycles. The van der Waals surface area contributed by atoms with E-state index in [4.69, 9.17) is 0 Å². The fourth-order valence-corrected chi connectivity index (χ4v) is 1.34. The third kappa shape index (κ3) is 2.70. The lowest BCUT2D eigenvalue weighted by molar-refractivity contribution is -0.699. The van der Waals surface area contributed by atoms with Crippen molar-refractivity contribution < 1.29 is 24.7 Å². The van der Waals surface area contributed by atoms with Crippen molar-refractivity contribution in [2.75, 3.05) is 0 Å². The van der Waals surface area contributed by atoms with Crippen LogP contribution in [0, 0.1) is 25.1 Å². The molecule has 13 nitrogen and oxygen atoms in total. The first-order valence-electron chi connectivity index (χ1n) is 5.07. The lowest BCUT2D eigenvalue weighted by atomic mass is 10.2. The zero-order valence-electron chi connectivity index (χ0n) is 9.86. The van der Waals surface area contributed by atoms with Crippen LogP contribution in [0.15, 0.2) is 18.3 Å². The average molecular weight is 297 g/mol. The van der Waals surface area contributed by atoms with Gasteiger partial charge in [-0.3, -0.25) is 20.2 Å². The molecule has 0 radical (unpaired) electrons. The van der Waals surface area contributed by atoms with E-state index in [0.717, 1.165) is 6.20 Å². The van der Waals surface area contributed by atoms with E-state index in [1.807, 2.05) is 0 Å². The second kappa shape index (κ2) is 5.16. The van der Waals surface area contributed by atoms with Crippen LogP contribution < -0.4 is 4.84 Å². The molecular weight excluding hydrogens is 292 g/mol. The molecule has 0 fully saturated rings. The average Bonchev–Trinajstić information content (AvgIpc) is 2.90. The number of hydrogen-bond donors (Lipinski definition) is 2. The Morgan fingerprint density at radius 1 is 1.14 bits per heavy atom. The molecule has 2 N–H and O–H groups in total. The SMILES string of the molecule is O=[N+]([O-])c1cc([N+](=O)[O-])c(O)c([N+](=O)Oc2cn[nH]n2)c1. The van der Waals surface area contributed by atoms with Crippen molar-refractivity contribution >= 4 is 17.1 Å². The van der Waals surface area contributed by atoms with Gasteiger partial charge in [0, 0.05) is 0 Å². The summed E-state index contributed by atoms with van der Waals surface area (Å²) < 4.78 is 0. The Morgan fingerprint density at radius 2 is 1.81 bits per heavy atom. The van der Waals surface area contributed by atoms with Gasteiger partial charge in [-0.1, -0.05) is 0 Å². The quantitative estimate of drug-likeness (QED) is 0.594. The molecule has 0 aliphatic heterocycles. The summed E-state index contributed by atoms with van der Waals surface area (Å²) in [6, 6.07) is 1.14. The van der Waals surface area contributed by atoms with Gasteiger partial charge in [0.05, 0.1) is 20.8 Å². The van der Waals surface area contributed by atoms with Crippen molar-refractivity contribution in [3.63, 3.8) is 0 Å². The molecule has 0 unspecified atom stereocenters. The normalized spacial score (nSPS) is 10.1. The van der Waals surface area contributed by atoms with Crippen LogP contribution in [0.1, 0.15) is 0 Å². The van der Waals surface area contributed by atoms with Crippen molar-refractivity contribution in [1.29, 1.82) is 0 Å². The van der Waals surface area contributed by atoms with Crippen LogP contribution >= 0.6 is 0 Å². The number of phenols is 1. The van der Waals surface area contributed by atoms with Gasteiger partial charge < -0.3 is 5.11 Å². The first kappa shape index (κ1) is 13.8. The van der Waals surface area contributed by atoms with Gasteiger partial charge in [-0.2, -0.15) is 15.1 Å². The van der Waals surface area contributed by atoms with E-state index >= 15 is 0 Å². The van der Waals surface area contributed by atoms with E-state index in [9.17, 15) is 30.2 Å². The summed E-state index contributed by atoms with van der Waals surface area (Å²) in [5.41, 5.74) is -2.60. The van der Waals surface area contributed by atoms with Crippen molar-refractivity contribution in [3.05, 3.63) is 43.5 Å². The smallest absolute Gasteiger partial charge is 0.372 e. The van der Waals surface area contributed by atoms with Gasteiger partial charge >= 0.3 is 17.3 Å². The first-order valence-corrected chi connectivity index (χ1v) is 5.07. The molecule has 0 atom stereocenters. The summed E-state index contributed by atoms with van der Waals surface area (Å²) in [6.07, 6.45) is 1.01. The highest BCUT2D eigenvalue weighted by Crippen LogP contribution is 2.39. The molecule has 0 saturated carbocycles. The van der Waals surface area contributed by atoms with Crippen molar-refractivity contribution in [1.82, 2.24) is 15.4 Å². The summed E-state index contributed by atoms with van der Waals surface area (Å²) in [5.74, 6) is -1.39. The third-order valence-electron chi connectivity index (χ3n) is 2.23. The number of aromatic nitrogens is 3. The number of nitrogens with one attached hydrogen (secondary N) is 1. The first-order chi connectivity index (χ1) is 9.90. The Hall–Kier alpha value is -3.64. The lowest BCUT2D eigenvalue weighted by Gasteiger charge is -1.97. The molecule has 13 heteroatoms. The number of aromatic hydroxyl groups is 1. The van der Waals surface area contributed by atoms with E-state index in [2.05, 4.69) is 20.2 Å². The van der Waals surface area contributed by atoms with E-state index in [-0.39, 0.29) is 10.8 Å².